The summed E-state index contributed by atoms with van der Waals surface area (Å²) in [6, 6.07) is 6.27. The maximum Gasteiger partial charge on any atom is 0.120 e. The number of aldehydes is 1. The van der Waals surface area contributed by atoms with Crippen LogP contribution in [0.3, 0.4) is 0 Å². The minimum absolute atomic E-state index is 0.500. The van der Waals surface area contributed by atoms with Gasteiger partial charge in [0.25, 0.3) is 0 Å². The molecule has 82 valence electrons. The number of carbonyl (C=O) groups excluding carboxylic acids is 1. The zero-order chi connectivity index (χ0) is 11.3. The lowest BCUT2D eigenvalue weighted by atomic mass is 9.93. The first-order valence-corrected chi connectivity index (χ1v) is 5.43. The van der Waals surface area contributed by atoms with Crippen LogP contribution in [0, 0.1) is 0 Å². The van der Waals surface area contributed by atoms with Gasteiger partial charge in [0, 0.05) is 19.2 Å². The van der Waals surface area contributed by atoms with Crippen LogP contribution in [0.15, 0.2) is 18.2 Å². The van der Waals surface area contributed by atoms with E-state index in [1.165, 1.54) is 11.1 Å². The fourth-order valence-corrected chi connectivity index (χ4v) is 1.86. The number of hydrogen-bond donors (Lipinski definition) is 1. The molecule has 0 saturated heterocycles. The summed E-state index contributed by atoms with van der Waals surface area (Å²) in [5.74, 6) is 0.500. The zero-order valence-electron chi connectivity index (χ0n) is 9.71. The van der Waals surface area contributed by atoms with Gasteiger partial charge >= 0.3 is 0 Å². The van der Waals surface area contributed by atoms with E-state index in [9.17, 15) is 4.79 Å². The molecule has 1 N–H and O–H groups in total. The van der Waals surface area contributed by atoms with Crippen molar-refractivity contribution in [3.8, 4) is 0 Å². The Labute approximate surface area is 91.7 Å². The molecule has 0 aromatic heterocycles. The molecule has 0 unspecified atom stereocenters. The van der Waals surface area contributed by atoms with Gasteiger partial charge in [-0.3, -0.25) is 0 Å². The highest BCUT2D eigenvalue weighted by molar-refractivity contribution is 5.58. The molecule has 0 saturated carbocycles. The molecule has 2 nitrogen and oxygen atoms in total. The highest BCUT2D eigenvalue weighted by Crippen LogP contribution is 2.26. The van der Waals surface area contributed by atoms with Crippen LogP contribution in [0.5, 0.6) is 0 Å². The number of benzene rings is 1. The Kier molecular flexibility index (Phi) is 4.35. The van der Waals surface area contributed by atoms with E-state index in [1.807, 2.05) is 7.05 Å². The standard InChI is InChI=1S/C13H19NO/c1-10(2)11-6-4-8-13(14-3)12(11)7-5-9-15/h4,6,8-10,14H,5,7H2,1-3H3. The highest BCUT2D eigenvalue weighted by atomic mass is 16.1. The Morgan fingerprint density at radius 3 is 2.67 bits per heavy atom. The maximum atomic E-state index is 10.4. The fourth-order valence-electron chi connectivity index (χ4n) is 1.86. The largest absolute Gasteiger partial charge is 0.388 e. The van der Waals surface area contributed by atoms with Gasteiger partial charge in [0.2, 0.25) is 0 Å². The Bertz CT molecular complexity index is 331. The van der Waals surface area contributed by atoms with Gasteiger partial charge in [-0.2, -0.15) is 0 Å². The second-order valence-electron chi connectivity index (χ2n) is 3.98. The summed E-state index contributed by atoms with van der Waals surface area (Å²) in [6.45, 7) is 4.36. The normalized spacial score (nSPS) is 10.4. The van der Waals surface area contributed by atoms with Crippen molar-refractivity contribution >= 4 is 12.0 Å². The van der Waals surface area contributed by atoms with Gasteiger partial charge in [0.05, 0.1) is 0 Å². The van der Waals surface area contributed by atoms with Crippen molar-refractivity contribution < 1.29 is 4.79 Å². The summed E-state index contributed by atoms with van der Waals surface area (Å²) in [4.78, 5) is 10.4. The molecule has 0 aliphatic heterocycles. The number of anilines is 1. The summed E-state index contributed by atoms with van der Waals surface area (Å²) in [5.41, 5.74) is 3.76. The molecule has 0 aliphatic rings. The van der Waals surface area contributed by atoms with Crippen LogP contribution in [-0.2, 0) is 11.2 Å². The van der Waals surface area contributed by atoms with E-state index in [4.69, 9.17) is 0 Å². The van der Waals surface area contributed by atoms with E-state index in [2.05, 4.69) is 37.4 Å². The Morgan fingerprint density at radius 1 is 1.40 bits per heavy atom. The van der Waals surface area contributed by atoms with Gasteiger partial charge < -0.3 is 10.1 Å². The molecule has 1 aromatic rings. The predicted octanol–water partition coefficient (Wildman–Crippen LogP) is 2.98. The molecule has 0 fully saturated rings. The Hall–Kier alpha value is -1.31. The van der Waals surface area contributed by atoms with Gasteiger partial charge in [-0.05, 0) is 29.5 Å². The number of nitrogens with one attached hydrogen (secondary N) is 1. The molecule has 0 atom stereocenters. The second-order valence-corrected chi connectivity index (χ2v) is 3.98. The van der Waals surface area contributed by atoms with E-state index in [0.29, 0.717) is 12.3 Å². The van der Waals surface area contributed by atoms with E-state index < -0.39 is 0 Å². The first-order chi connectivity index (χ1) is 7.20. The molecule has 1 aromatic carbocycles. The summed E-state index contributed by atoms with van der Waals surface area (Å²) in [5, 5.41) is 3.18. The monoisotopic (exact) mass is 205 g/mol. The van der Waals surface area contributed by atoms with E-state index >= 15 is 0 Å². The van der Waals surface area contributed by atoms with Crippen LogP contribution in [0.2, 0.25) is 0 Å². The van der Waals surface area contributed by atoms with Crippen LogP contribution in [-0.4, -0.2) is 13.3 Å². The van der Waals surface area contributed by atoms with E-state index in [-0.39, 0.29) is 0 Å². The molecule has 1 rings (SSSR count). The second kappa shape index (κ2) is 5.54. The lowest BCUT2D eigenvalue weighted by Crippen LogP contribution is -2.02. The molecular weight excluding hydrogens is 186 g/mol. The Morgan fingerprint density at radius 2 is 2.13 bits per heavy atom. The van der Waals surface area contributed by atoms with Crippen LogP contribution in [0.4, 0.5) is 5.69 Å². The molecular formula is C13H19NO. The summed E-state index contributed by atoms with van der Waals surface area (Å²) >= 11 is 0. The van der Waals surface area contributed by atoms with Crippen molar-refractivity contribution in [2.75, 3.05) is 12.4 Å². The van der Waals surface area contributed by atoms with E-state index in [0.717, 1.165) is 18.4 Å². The lowest BCUT2D eigenvalue weighted by Gasteiger charge is -2.16. The average molecular weight is 205 g/mol. The molecule has 0 aliphatic carbocycles. The summed E-state index contributed by atoms with van der Waals surface area (Å²) in [7, 11) is 1.92. The van der Waals surface area contributed by atoms with Gasteiger partial charge in [0.15, 0.2) is 0 Å². The minimum atomic E-state index is 0.500. The number of hydrogen-bond acceptors (Lipinski definition) is 2. The third kappa shape index (κ3) is 2.82. The molecule has 15 heavy (non-hydrogen) atoms. The molecule has 2 heteroatoms. The van der Waals surface area contributed by atoms with Crippen molar-refractivity contribution in [2.45, 2.75) is 32.6 Å². The van der Waals surface area contributed by atoms with Crippen LogP contribution in [0.25, 0.3) is 0 Å². The highest BCUT2D eigenvalue weighted by Gasteiger charge is 2.09. The number of carbonyl (C=O) groups is 1. The van der Waals surface area contributed by atoms with Crippen molar-refractivity contribution in [2.24, 2.45) is 0 Å². The van der Waals surface area contributed by atoms with Crippen LogP contribution < -0.4 is 5.32 Å². The SMILES string of the molecule is CNc1cccc(C(C)C)c1CCC=O. The molecule has 0 heterocycles. The van der Waals surface area contributed by atoms with Gasteiger partial charge in [-0.1, -0.05) is 26.0 Å². The zero-order valence-corrected chi connectivity index (χ0v) is 9.71. The molecule has 0 spiro atoms. The van der Waals surface area contributed by atoms with Gasteiger partial charge in [0.1, 0.15) is 6.29 Å². The van der Waals surface area contributed by atoms with Crippen molar-refractivity contribution in [1.82, 2.24) is 0 Å². The lowest BCUT2D eigenvalue weighted by molar-refractivity contribution is -0.107. The van der Waals surface area contributed by atoms with E-state index in [1.54, 1.807) is 0 Å². The molecule has 0 amide bonds. The van der Waals surface area contributed by atoms with Crippen molar-refractivity contribution in [3.05, 3.63) is 29.3 Å². The van der Waals surface area contributed by atoms with Gasteiger partial charge in [-0.15, -0.1) is 0 Å². The van der Waals surface area contributed by atoms with Crippen LogP contribution in [0.1, 0.15) is 37.3 Å². The van der Waals surface area contributed by atoms with Crippen molar-refractivity contribution in [1.29, 1.82) is 0 Å². The number of rotatable bonds is 5. The Balaban J connectivity index is 3.08. The topological polar surface area (TPSA) is 29.1 Å². The summed E-state index contributed by atoms with van der Waals surface area (Å²) in [6.07, 6.45) is 2.41. The third-order valence-corrected chi connectivity index (χ3v) is 2.62. The average Bonchev–Trinajstić information content (AvgIpc) is 2.25. The predicted molar refractivity (Wildman–Crippen MR) is 64.5 cm³/mol. The first-order valence-electron chi connectivity index (χ1n) is 5.43. The maximum absolute atomic E-state index is 10.4. The van der Waals surface area contributed by atoms with Crippen LogP contribution >= 0.6 is 0 Å². The quantitative estimate of drug-likeness (QED) is 0.749. The first kappa shape index (κ1) is 11.8. The van der Waals surface area contributed by atoms with Gasteiger partial charge in [-0.25, -0.2) is 0 Å². The summed E-state index contributed by atoms with van der Waals surface area (Å²) < 4.78 is 0. The molecule has 0 radical (unpaired) electrons. The fraction of sp³-hybridized carbons (Fsp3) is 0.462. The minimum Gasteiger partial charge on any atom is -0.388 e. The van der Waals surface area contributed by atoms with Crippen molar-refractivity contribution in [3.63, 3.8) is 0 Å². The molecule has 0 bridgehead atoms. The third-order valence-electron chi connectivity index (χ3n) is 2.62. The smallest absolute Gasteiger partial charge is 0.120 e.